The average molecular weight is 282 g/mol. The molecule has 21 heavy (non-hydrogen) atoms. The van der Waals surface area contributed by atoms with Crippen molar-refractivity contribution < 1.29 is 0 Å². The van der Waals surface area contributed by atoms with Gasteiger partial charge in [-0.2, -0.15) is 4.98 Å². The Kier molecular flexibility index (Phi) is 4.34. The molecule has 0 radical (unpaired) electrons. The molecule has 1 aromatic heterocycles. The summed E-state index contributed by atoms with van der Waals surface area (Å²) < 4.78 is 0. The molecule has 1 atom stereocenters. The number of aryl methyl sites for hydroxylation is 1. The van der Waals surface area contributed by atoms with Crippen molar-refractivity contribution in [3.63, 3.8) is 0 Å². The fourth-order valence-electron chi connectivity index (χ4n) is 2.79. The molecule has 0 aliphatic heterocycles. The standard InChI is InChI=1S/C17H22N4/c1-2-10-18-17-19-11-9-16(21-17)20-15-8-7-13-5-3-4-6-14(13)12-15/h3-6,9,11,15H,2,7-8,10,12H2,1H3,(H2,18,19,20,21). The highest BCUT2D eigenvalue weighted by Crippen LogP contribution is 2.23. The van der Waals surface area contributed by atoms with Gasteiger partial charge in [0.1, 0.15) is 5.82 Å². The number of fused-ring (bicyclic) bond motifs is 1. The molecule has 3 rings (SSSR count). The Balaban J connectivity index is 1.65. The van der Waals surface area contributed by atoms with Crippen molar-refractivity contribution in [3.05, 3.63) is 47.7 Å². The number of rotatable bonds is 5. The van der Waals surface area contributed by atoms with Crippen molar-refractivity contribution in [2.45, 2.75) is 38.6 Å². The lowest BCUT2D eigenvalue weighted by molar-refractivity contribution is 0.608. The van der Waals surface area contributed by atoms with Gasteiger partial charge in [0.25, 0.3) is 0 Å². The minimum Gasteiger partial charge on any atom is -0.367 e. The van der Waals surface area contributed by atoms with Crippen molar-refractivity contribution in [1.29, 1.82) is 0 Å². The maximum Gasteiger partial charge on any atom is 0.224 e. The Morgan fingerprint density at radius 2 is 2.05 bits per heavy atom. The lowest BCUT2D eigenvalue weighted by atomic mass is 9.88. The summed E-state index contributed by atoms with van der Waals surface area (Å²) in [6, 6.07) is 11.1. The van der Waals surface area contributed by atoms with Crippen LogP contribution in [-0.4, -0.2) is 22.6 Å². The number of hydrogen-bond acceptors (Lipinski definition) is 4. The van der Waals surface area contributed by atoms with Crippen LogP contribution in [0.4, 0.5) is 11.8 Å². The van der Waals surface area contributed by atoms with E-state index in [1.165, 1.54) is 11.1 Å². The first-order chi connectivity index (χ1) is 10.3. The van der Waals surface area contributed by atoms with Crippen LogP contribution < -0.4 is 10.6 Å². The second-order valence-electron chi connectivity index (χ2n) is 5.55. The molecular formula is C17H22N4. The third-order valence-corrected chi connectivity index (χ3v) is 3.89. The summed E-state index contributed by atoms with van der Waals surface area (Å²) in [7, 11) is 0. The maximum atomic E-state index is 4.53. The molecule has 1 heterocycles. The predicted molar refractivity (Wildman–Crippen MR) is 86.7 cm³/mol. The summed E-state index contributed by atoms with van der Waals surface area (Å²) in [5.41, 5.74) is 2.95. The molecule has 4 heteroatoms. The number of hydrogen-bond donors (Lipinski definition) is 2. The molecule has 2 N–H and O–H groups in total. The van der Waals surface area contributed by atoms with Crippen molar-refractivity contribution in [2.24, 2.45) is 0 Å². The third kappa shape index (κ3) is 3.51. The smallest absolute Gasteiger partial charge is 0.224 e. The van der Waals surface area contributed by atoms with E-state index in [1.54, 1.807) is 0 Å². The lowest BCUT2D eigenvalue weighted by Crippen LogP contribution is -2.27. The van der Waals surface area contributed by atoms with Crippen LogP contribution in [-0.2, 0) is 12.8 Å². The Labute approximate surface area is 126 Å². The fourth-order valence-corrected chi connectivity index (χ4v) is 2.79. The van der Waals surface area contributed by atoms with E-state index in [1.807, 2.05) is 12.3 Å². The minimum absolute atomic E-state index is 0.453. The Bertz CT molecular complexity index is 597. The van der Waals surface area contributed by atoms with E-state index in [0.29, 0.717) is 12.0 Å². The Morgan fingerprint density at radius 3 is 2.90 bits per heavy atom. The largest absolute Gasteiger partial charge is 0.367 e. The third-order valence-electron chi connectivity index (χ3n) is 3.89. The van der Waals surface area contributed by atoms with Gasteiger partial charge < -0.3 is 10.6 Å². The van der Waals surface area contributed by atoms with Gasteiger partial charge in [-0.25, -0.2) is 4.98 Å². The van der Waals surface area contributed by atoms with Crippen LogP contribution >= 0.6 is 0 Å². The van der Waals surface area contributed by atoms with Crippen molar-refractivity contribution >= 4 is 11.8 Å². The van der Waals surface area contributed by atoms with E-state index < -0.39 is 0 Å². The highest BCUT2D eigenvalue weighted by atomic mass is 15.1. The zero-order chi connectivity index (χ0) is 14.5. The van der Waals surface area contributed by atoms with Gasteiger partial charge in [0, 0.05) is 18.8 Å². The molecule has 0 saturated heterocycles. The molecule has 4 nitrogen and oxygen atoms in total. The number of benzene rings is 1. The molecule has 0 saturated carbocycles. The number of aromatic nitrogens is 2. The summed E-state index contributed by atoms with van der Waals surface area (Å²) in [4.78, 5) is 8.77. The second-order valence-corrected chi connectivity index (χ2v) is 5.55. The Hall–Kier alpha value is -2.10. The molecule has 1 unspecified atom stereocenters. The van der Waals surface area contributed by atoms with E-state index in [9.17, 15) is 0 Å². The molecule has 0 spiro atoms. The molecule has 0 bridgehead atoms. The van der Waals surface area contributed by atoms with Gasteiger partial charge in [0.05, 0.1) is 0 Å². The summed E-state index contributed by atoms with van der Waals surface area (Å²) in [5, 5.41) is 6.77. The number of anilines is 2. The molecule has 1 aliphatic rings. The summed E-state index contributed by atoms with van der Waals surface area (Å²) in [6.45, 7) is 3.04. The predicted octanol–water partition coefficient (Wildman–Crippen LogP) is 3.27. The van der Waals surface area contributed by atoms with Gasteiger partial charge in [0.2, 0.25) is 5.95 Å². The molecular weight excluding hydrogens is 260 g/mol. The first-order valence-electron chi connectivity index (χ1n) is 7.75. The fraction of sp³-hybridized carbons (Fsp3) is 0.412. The van der Waals surface area contributed by atoms with Crippen molar-refractivity contribution in [3.8, 4) is 0 Å². The average Bonchev–Trinajstić information content (AvgIpc) is 2.53. The topological polar surface area (TPSA) is 49.8 Å². The van der Waals surface area contributed by atoms with E-state index in [0.717, 1.165) is 38.0 Å². The van der Waals surface area contributed by atoms with E-state index in [-0.39, 0.29) is 0 Å². The SMILES string of the molecule is CCCNc1nccc(NC2CCc3ccccc3C2)n1. The number of nitrogens with one attached hydrogen (secondary N) is 2. The molecule has 0 fully saturated rings. The van der Waals surface area contributed by atoms with E-state index >= 15 is 0 Å². The monoisotopic (exact) mass is 282 g/mol. The van der Waals surface area contributed by atoms with Gasteiger partial charge in [-0.15, -0.1) is 0 Å². The normalized spacial score (nSPS) is 17.1. The van der Waals surface area contributed by atoms with Crippen molar-refractivity contribution in [1.82, 2.24) is 9.97 Å². The Morgan fingerprint density at radius 1 is 1.19 bits per heavy atom. The van der Waals surface area contributed by atoms with Crippen LogP contribution in [0.1, 0.15) is 30.9 Å². The quantitative estimate of drug-likeness (QED) is 0.883. The van der Waals surface area contributed by atoms with Crippen LogP contribution in [0.5, 0.6) is 0 Å². The van der Waals surface area contributed by atoms with Crippen molar-refractivity contribution in [2.75, 3.05) is 17.2 Å². The molecule has 0 amide bonds. The summed E-state index contributed by atoms with van der Waals surface area (Å²) >= 11 is 0. The first-order valence-corrected chi connectivity index (χ1v) is 7.75. The van der Waals surface area contributed by atoms with E-state index in [4.69, 9.17) is 0 Å². The molecule has 110 valence electrons. The number of nitrogens with zero attached hydrogens (tertiary/aromatic N) is 2. The second kappa shape index (κ2) is 6.57. The molecule has 1 aliphatic carbocycles. The summed E-state index contributed by atoms with van der Waals surface area (Å²) in [6.07, 6.45) is 6.24. The van der Waals surface area contributed by atoms with Gasteiger partial charge >= 0.3 is 0 Å². The van der Waals surface area contributed by atoms with Crippen LogP contribution in [0.25, 0.3) is 0 Å². The van der Waals surface area contributed by atoms with Gasteiger partial charge in [0.15, 0.2) is 0 Å². The lowest BCUT2D eigenvalue weighted by Gasteiger charge is -2.26. The minimum atomic E-state index is 0.453. The zero-order valence-corrected chi connectivity index (χ0v) is 12.5. The van der Waals surface area contributed by atoms with Gasteiger partial charge in [-0.3, -0.25) is 0 Å². The van der Waals surface area contributed by atoms with Crippen LogP contribution in [0.2, 0.25) is 0 Å². The van der Waals surface area contributed by atoms with Gasteiger partial charge in [-0.1, -0.05) is 31.2 Å². The maximum absolute atomic E-state index is 4.53. The highest BCUT2D eigenvalue weighted by molar-refractivity contribution is 5.42. The first kappa shape index (κ1) is 13.9. The summed E-state index contributed by atoms with van der Waals surface area (Å²) in [5.74, 6) is 1.62. The van der Waals surface area contributed by atoms with Crippen LogP contribution in [0, 0.1) is 0 Å². The van der Waals surface area contributed by atoms with E-state index in [2.05, 4.69) is 51.8 Å². The molecule has 2 aromatic rings. The highest BCUT2D eigenvalue weighted by Gasteiger charge is 2.18. The van der Waals surface area contributed by atoms with Gasteiger partial charge in [-0.05, 0) is 42.9 Å². The zero-order valence-electron chi connectivity index (χ0n) is 12.5. The van der Waals surface area contributed by atoms with Crippen LogP contribution in [0.3, 0.4) is 0 Å². The molecule has 1 aromatic carbocycles. The van der Waals surface area contributed by atoms with Crippen LogP contribution in [0.15, 0.2) is 36.5 Å².